The molecule has 0 bridgehead atoms. The molecular weight excluding hydrogens is 494 g/mol. The molecule has 2 fully saturated rings. The molecule has 2 atom stereocenters. The molecule has 4 aromatic rings. The van der Waals surface area contributed by atoms with E-state index in [9.17, 15) is 5.11 Å². The minimum Gasteiger partial charge on any atom is -0.508 e. The Balaban J connectivity index is 1.41. The number of rotatable bonds is 5. The number of thiocarbonyl (C=S) groups is 1. The molecule has 2 aromatic carbocycles. The van der Waals surface area contributed by atoms with Gasteiger partial charge in [0.05, 0.1) is 31.0 Å². The molecule has 0 aliphatic carbocycles. The Morgan fingerprint density at radius 2 is 1.61 bits per heavy atom. The molecule has 6 rings (SSSR count). The fourth-order valence-electron chi connectivity index (χ4n) is 5.68. The fourth-order valence-corrected chi connectivity index (χ4v) is 6.03. The van der Waals surface area contributed by atoms with Crippen LogP contribution in [0.5, 0.6) is 5.75 Å². The molecule has 2 saturated heterocycles. The summed E-state index contributed by atoms with van der Waals surface area (Å²) in [6, 6.07) is 24.0. The molecule has 7 nitrogen and oxygen atoms in total. The number of anilines is 2. The summed E-state index contributed by atoms with van der Waals surface area (Å²) in [5.74, 6) is 0.225. The smallest absolute Gasteiger partial charge is 0.174 e. The highest BCUT2D eigenvalue weighted by molar-refractivity contribution is 7.80. The predicted molar refractivity (Wildman–Crippen MR) is 154 cm³/mol. The Labute approximate surface area is 228 Å². The van der Waals surface area contributed by atoms with E-state index < -0.39 is 0 Å². The van der Waals surface area contributed by atoms with Crippen LogP contribution in [0.2, 0.25) is 0 Å². The van der Waals surface area contributed by atoms with Gasteiger partial charge in [-0.3, -0.25) is 4.98 Å². The van der Waals surface area contributed by atoms with Crippen molar-refractivity contribution < 1.29 is 9.84 Å². The fraction of sp³-hybridized carbons (Fsp3) is 0.267. The van der Waals surface area contributed by atoms with Crippen LogP contribution in [0.3, 0.4) is 0 Å². The summed E-state index contributed by atoms with van der Waals surface area (Å²) in [6.45, 7) is 7.70. The second-order valence-electron chi connectivity index (χ2n) is 9.79. The molecule has 4 heterocycles. The zero-order chi connectivity index (χ0) is 26.2. The van der Waals surface area contributed by atoms with E-state index in [2.05, 4.69) is 68.8 Å². The van der Waals surface area contributed by atoms with Crippen LogP contribution in [0.1, 0.15) is 34.7 Å². The van der Waals surface area contributed by atoms with E-state index in [1.54, 1.807) is 12.1 Å². The van der Waals surface area contributed by atoms with E-state index in [0.29, 0.717) is 5.11 Å². The van der Waals surface area contributed by atoms with Crippen molar-refractivity contribution in [3.8, 4) is 11.4 Å². The lowest BCUT2D eigenvalue weighted by Crippen LogP contribution is -2.36. The van der Waals surface area contributed by atoms with Gasteiger partial charge in [0.2, 0.25) is 0 Å². The molecule has 0 amide bonds. The molecule has 8 heteroatoms. The molecule has 2 aliphatic rings. The third-order valence-corrected chi connectivity index (χ3v) is 7.81. The number of aromatic nitrogens is 2. The standard InChI is InChI=1S/C30H31N5O2S/c1-20-19-26(21(2)34(20)23-8-6-22(7-9-23)33-15-17-37-18-16-33)29-28(27-5-3-4-14-31-27)32-30(38)35(29)24-10-12-25(36)13-11-24/h3-14,19,28-29,36H,15-18H2,1-2H3,(H,32,38). The largest absolute Gasteiger partial charge is 0.508 e. The van der Waals surface area contributed by atoms with Crippen molar-refractivity contribution in [3.63, 3.8) is 0 Å². The summed E-state index contributed by atoms with van der Waals surface area (Å²) in [4.78, 5) is 9.18. The third kappa shape index (κ3) is 4.40. The lowest BCUT2D eigenvalue weighted by molar-refractivity contribution is 0.122. The van der Waals surface area contributed by atoms with Crippen molar-refractivity contribution in [2.24, 2.45) is 0 Å². The molecule has 2 aromatic heterocycles. The zero-order valence-electron chi connectivity index (χ0n) is 21.5. The molecule has 0 saturated carbocycles. The Morgan fingerprint density at radius 1 is 0.921 bits per heavy atom. The van der Waals surface area contributed by atoms with Gasteiger partial charge in [-0.05, 0) is 98.4 Å². The number of ether oxygens (including phenoxy) is 1. The van der Waals surface area contributed by atoms with Gasteiger partial charge in [-0.1, -0.05) is 6.07 Å². The first-order chi connectivity index (χ1) is 18.5. The molecular formula is C30H31N5O2S. The van der Waals surface area contributed by atoms with Gasteiger partial charge in [0.15, 0.2) is 5.11 Å². The highest BCUT2D eigenvalue weighted by Gasteiger charge is 2.42. The zero-order valence-corrected chi connectivity index (χ0v) is 22.4. The number of pyridine rings is 1. The highest BCUT2D eigenvalue weighted by Crippen LogP contribution is 2.44. The first kappa shape index (κ1) is 24.5. The summed E-state index contributed by atoms with van der Waals surface area (Å²) < 4.78 is 7.82. The number of benzene rings is 2. The maximum Gasteiger partial charge on any atom is 0.174 e. The van der Waals surface area contributed by atoms with E-state index in [4.69, 9.17) is 17.0 Å². The Morgan fingerprint density at radius 3 is 2.29 bits per heavy atom. The van der Waals surface area contributed by atoms with E-state index in [0.717, 1.165) is 54.8 Å². The second-order valence-corrected chi connectivity index (χ2v) is 10.2. The number of phenols is 1. The van der Waals surface area contributed by atoms with Crippen molar-refractivity contribution in [1.29, 1.82) is 0 Å². The molecule has 2 aliphatic heterocycles. The monoisotopic (exact) mass is 525 g/mol. The van der Waals surface area contributed by atoms with Crippen LogP contribution in [0.25, 0.3) is 5.69 Å². The van der Waals surface area contributed by atoms with E-state index >= 15 is 0 Å². The van der Waals surface area contributed by atoms with Gasteiger partial charge in [-0.15, -0.1) is 0 Å². The minimum atomic E-state index is -0.129. The van der Waals surface area contributed by atoms with E-state index in [-0.39, 0.29) is 17.8 Å². The van der Waals surface area contributed by atoms with Gasteiger partial charge in [0.25, 0.3) is 0 Å². The number of hydrogen-bond acceptors (Lipinski definition) is 5. The number of aryl methyl sites for hydroxylation is 1. The van der Waals surface area contributed by atoms with Crippen LogP contribution in [-0.4, -0.2) is 46.1 Å². The normalized spacial score (nSPS) is 19.6. The first-order valence-corrected chi connectivity index (χ1v) is 13.3. The van der Waals surface area contributed by atoms with Crippen LogP contribution >= 0.6 is 12.2 Å². The Kier molecular flexibility index (Phi) is 6.51. The highest BCUT2D eigenvalue weighted by atomic mass is 32.1. The molecule has 2 unspecified atom stereocenters. The number of aromatic hydroxyl groups is 1. The topological polar surface area (TPSA) is 65.8 Å². The molecule has 0 spiro atoms. The van der Waals surface area contributed by atoms with Crippen LogP contribution in [0.15, 0.2) is 79.0 Å². The predicted octanol–water partition coefficient (Wildman–Crippen LogP) is 5.21. The summed E-state index contributed by atoms with van der Waals surface area (Å²) in [6.07, 6.45) is 1.82. The molecule has 2 N–H and O–H groups in total. The summed E-state index contributed by atoms with van der Waals surface area (Å²) >= 11 is 5.87. The number of nitrogens with one attached hydrogen (secondary N) is 1. The van der Waals surface area contributed by atoms with Crippen LogP contribution in [0, 0.1) is 13.8 Å². The summed E-state index contributed by atoms with van der Waals surface area (Å²) in [5.41, 5.74) is 7.68. The summed E-state index contributed by atoms with van der Waals surface area (Å²) in [7, 11) is 0. The number of hydrogen-bond donors (Lipinski definition) is 2. The van der Waals surface area contributed by atoms with E-state index in [1.807, 2.05) is 36.5 Å². The quantitative estimate of drug-likeness (QED) is 0.347. The first-order valence-electron chi connectivity index (χ1n) is 12.9. The van der Waals surface area contributed by atoms with Gasteiger partial charge in [0, 0.05) is 47.7 Å². The van der Waals surface area contributed by atoms with Crippen LogP contribution in [0.4, 0.5) is 11.4 Å². The lowest BCUT2D eigenvalue weighted by atomic mass is 9.96. The van der Waals surface area contributed by atoms with Gasteiger partial charge in [0.1, 0.15) is 5.75 Å². The van der Waals surface area contributed by atoms with E-state index in [1.165, 1.54) is 11.3 Å². The lowest BCUT2D eigenvalue weighted by Gasteiger charge is -2.29. The molecule has 0 radical (unpaired) electrons. The van der Waals surface area contributed by atoms with Crippen molar-refractivity contribution in [1.82, 2.24) is 14.9 Å². The number of phenolic OH excluding ortho intramolecular Hbond substituents is 1. The molecule has 194 valence electrons. The van der Waals surface area contributed by atoms with Gasteiger partial charge in [-0.2, -0.15) is 0 Å². The van der Waals surface area contributed by atoms with Crippen molar-refractivity contribution in [3.05, 3.63) is 102 Å². The van der Waals surface area contributed by atoms with Crippen molar-refractivity contribution in [2.75, 3.05) is 36.1 Å². The average molecular weight is 526 g/mol. The average Bonchev–Trinajstić information content (AvgIpc) is 3.45. The van der Waals surface area contributed by atoms with Gasteiger partial charge < -0.3 is 29.5 Å². The van der Waals surface area contributed by atoms with Crippen molar-refractivity contribution >= 4 is 28.7 Å². The summed E-state index contributed by atoms with van der Waals surface area (Å²) in [5, 5.41) is 14.1. The Bertz CT molecular complexity index is 1430. The van der Waals surface area contributed by atoms with Crippen LogP contribution < -0.4 is 15.1 Å². The van der Waals surface area contributed by atoms with Gasteiger partial charge in [-0.25, -0.2) is 0 Å². The van der Waals surface area contributed by atoms with Crippen molar-refractivity contribution in [2.45, 2.75) is 25.9 Å². The number of nitrogens with zero attached hydrogens (tertiary/aromatic N) is 4. The Hall–Kier alpha value is -3.88. The second kappa shape index (κ2) is 10.1. The molecule has 38 heavy (non-hydrogen) atoms. The maximum atomic E-state index is 9.90. The maximum absolute atomic E-state index is 9.90. The van der Waals surface area contributed by atoms with Gasteiger partial charge >= 0.3 is 0 Å². The minimum absolute atomic E-state index is 0.116. The number of morpholine rings is 1. The van der Waals surface area contributed by atoms with Crippen LogP contribution in [-0.2, 0) is 4.74 Å². The third-order valence-electron chi connectivity index (χ3n) is 7.50. The SMILES string of the molecule is Cc1cc(C2C(c3ccccn3)NC(=S)N2c2ccc(O)cc2)c(C)n1-c1ccc(N2CCOCC2)cc1.